The highest BCUT2D eigenvalue weighted by Gasteiger charge is 2.17. The molecule has 1 aliphatic rings. The van der Waals surface area contributed by atoms with Gasteiger partial charge in [-0.3, -0.25) is 14.7 Å². The van der Waals surface area contributed by atoms with Crippen molar-refractivity contribution in [1.29, 1.82) is 0 Å². The van der Waals surface area contributed by atoms with Gasteiger partial charge in [0, 0.05) is 44.6 Å². The van der Waals surface area contributed by atoms with E-state index < -0.39 is 5.91 Å². The summed E-state index contributed by atoms with van der Waals surface area (Å²) in [6, 6.07) is 3.61. The second kappa shape index (κ2) is 5.79. The molecule has 0 atom stereocenters. The van der Waals surface area contributed by atoms with E-state index >= 15 is 0 Å². The van der Waals surface area contributed by atoms with Crippen LogP contribution >= 0.6 is 0 Å². The van der Waals surface area contributed by atoms with Gasteiger partial charge in [-0.2, -0.15) is 0 Å². The molecule has 0 spiro atoms. The molecule has 18 heavy (non-hydrogen) atoms. The van der Waals surface area contributed by atoms with E-state index in [-0.39, 0.29) is 6.61 Å². The van der Waals surface area contributed by atoms with Crippen LogP contribution in [0.4, 0.5) is 5.69 Å². The van der Waals surface area contributed by atoms with Gasteiger partial charge in [-0.1, -0.05) is 0 Å². The Balaban J connectivity index is 2.01. The van der Waals surface area contributed by atoms with Gasteiger partial charge in [0.05, 0.1) is 6.61 Å². The number of nitrogens with two attached hydrogens (primary N) is 1. The maximum absolute atomic E-state index is 11.1. The standard InChI is InChI=1S/C12H18N4O2/c13-12(18)11-9-10(1-2-14-11)16-5-3-15(4-6-16)7-8-17/h1-2,9,17H,3-8H2,(H2,13,18). The average molecular weight is 250 g/mol. The van der Waals surface area contributed by atoms with E-state index in [2.05, 4.69) is 14.8 Å². The zero-order chi connectivity index (χ0) is 13.0. The number of β-amino-alcohol motifs (C(OH)–C–C–N with tert-alkyl or cyclic N) is 1. The largest absolute Gasteiger partial charge is 0.395 e. The molecule has 98 valence electrons. The van der Waals surface area contributed by atoms with Gasteiger partial charge < -0.3 is 15.7 Å². The van der Waals surface area contributed by atoms with Crippen LogP contribution in [-0.4, -0.2) is 60.2 Å². The molecule has 6 heteroatoms. The zero-order valence-electron chi connectivity index (χ0n) is 10.2. The number of pyridine rings is 1. The number of carbonyl (C=O) groups is 1. The summed E-state index contributed by atoms with van der Waals surface area (Å²) in [5.74, 6) is -0.504. The summed E-state index contributed by atoms with van der Waals surface area (Å²) < 4.78 is 0. The van der Waals surface area contributed by atoms with Gasteiger partial charge in [-0.25, -0.2) is 0 Å². The summed E-state index contributed by atoms with van der Waals surface area (Å²) in [5.41, 5.74) is 6.49. The van der Waals surface area contributed by atoms with Crippen LogP contribution in [0.5, 0.6) is 0 Å². The number of anilines is 1. The van der Waals surface area contributed by atoms with Crippen LogP contribution in [0, 0.1) is 0 Å². The first kappa shape index (κ1) is 12.8. The smallest absolute Gasteiger partial charge is 0.267 e. The maximum Gasteiger partial charge on any atom is 0.267 e. The number of aliphatic hydroxyl groups excluding tert-OH is 1. The Morgan fingerprint density at radius 2 is 2.11 bits per heavy atom. The molecule has 1 fully saturated rings. The quantitative estimate of drug-likeness (QED) is 0.738. The first-order chi connectivity index (χ1) is 8.70. The normalized spacial score (nSPS) is 16.8. The summed E-state index contributed by atoms with van der Waals surface area (Å²) in [4.78, 5) is 19.4. The molecule has 6 nitrogen and oxygen atoms in total. The number of carbonyl (C=O) groups excluding carboxylic acids is 1. The summed E-state index contributed by atoms with van der Waals surface area (Å²) in [7, 11) is 0. The molecule has 1 amide bonds. The van der Waals surface area contributed by atoms with E-state index in [1.807, 2.05) is 6.07 Å². The minimum atomic E-state index is -0.504. The number of rotatable bonds is 4. The number of nitrogens with zero attached hydrogens (tertiary/aromatic N) is 3. The van der Waals surface area contributed by atoms with Crippen LogP contribution in [0.1, 0.15) is 10.5 Å². The predicted octanol–water partition coefficient (Wildman–Crippen LogP) is -0.705. The molecule has 1 aromatic rings. The third-order valence-corrected chi connectivity index (χ3v) is 3.15. The summed E-state index contributed by atoms with van der Waals surface area (Å²) in [6.07, 6.45) is 1.61. The SMILES string of the molecule is NC(=O)c1cc(N2CCN(CCO)CC2)ccn1. The predicted molar refractivity (Wildman–Crippen MR) is 68.5 cm³/mol. The molecule has 3 N–H and O–H groups in total. The fourth-order valence-electron chi connectivity index (χ4n) is 2.12. The topological polar surface area (TPSA) is 82.7 Å². The molecule has 2 rings (SSSR count). The lowest BCUT2D eigenvalue weighted by atomic mass is 10.2. The number of hydrogen-bond donors (Lipinski definition) is 2. The fourth-order valence-corrected chi connectivity index (χ4v) is 2.12. The molecule has 1 aliphatic heterocycles. The molecule has 0 bridgehead atoms. The van der Waals surface area contributed by atoms with Gasteiger partial charge in [0.2, 0.25) is 0 Å². The van der Waals surface area contributed by atoms with Crippen LogP contribution in [0.3, 0.4) is 0 Å². The van der Waals surface area contributed by atoms with Gasteiger partial charge in [0.1, 0.15) is 5.69 Å². The van der Waals surface area contributed by atoms with Gasteiger partial charge in [-0.05, 0) is 12.1 Å². The van der Waals surface area contributed by atoms with Crippen molar-refractivity contribution >= 4 is 11.6 Å². The third-order valence-electron chi connectivity index (χ3n) is 3.15. The Bertz CT molecular complexity index is 416. The van der Waals surface area contributed by atoms with Gasteiger partial charge in [-0.15, -0.1) is 0 Å². The molecule has 0 saturated carbocycles. The minimum Gasteiger partial charge on any atom is -0.395 e. The second-order valence-electron chi connectivity index (χ2n) is 4.32. The van der Waals surface area contributed by atoms with E-state index in [1.54, 1.807) is 12.3 Å². The average Bonchev–Trinajstić information content (AvgIpc) is 2.40. The maximum atomic E-state index is 11.1. The highest BCUT2D eigenvalue weighted by Crippen LogP contribution is 2.16. The van der Waals surface area contributed by atoms with E-state index in [0.29, 0.717) is 5.69 Å². The summed E-state index contributed by atoms with van der Waals surface area (Å²) in [5, 5.41) is 8.88. The number of primary amides is 1. The third kappa shape index (κ3) is 2.96. The summed E-state index contributed by atoms with van der Waals surface area (Å²) >= 11 is 0. The van der Waals surface area contributed by atoms with Gasteiger partial charge in [0.15, 0.2) is 0 Å². The minimum absolute atomic E-state index is 0.196. The molecule has 1 aromatic heterocycles. The van der Waals surface area contributed by atoms with Crippen molar-refractivity contribution in [3.63, 3.8) is 0 Å². The lowest BCUT2D eigenvalue weighted by molar-refractivity contribution is 0.0995. The van der Waals surface area contributed by atoms with Crippen molar-refractivity contribution in [3.05, 3.63) is 24.0 Å². The molecule has 0 radical (unpaired) electrons. The number of hydrogen-bond acceptors (Lipinski definition) is 5. The Morgan fingerprint density at radius 3 is 2.72 bits per heavy atom. The lowest BCUT2D eigenvalue weighted by Crippen LogP contribution is -2.47. The summed E-state index contributed by atoms with van der Waals surface area (Å²) in [6.45, 7) is 4.49. The molecule has 1 saturated heterocycles. The highest BCUT2D eigenvalue weighted by atomic mass is 16.3. The van der Waals surface area contributed by atoms with Crippen LogP contribution < -0.4 is 10.6 Å². The zero-order valence-corrected chi connectivity index (χ0v) is 10.2. The van der Waals surface area contributed by atoms with Crippen molar-refractivity contribution < 1.29 is 9.90 Å². The molecular formula is C12H18N4O2. The van der Waals surface area contributed by atoms with E-state index in [9.17, 15) is 4.79 Å². The fraction of sp³-hybridized carbons (Fsp3) is 0.500. The Hall–Kier alpha value is -1.66. The molecule has 0 aliphatic carbocycles. The van der Waals surface area contributed by atoms with Crippen LogP contribution in [0.2, 0.25) is 0 Å². The first-order valence-electron chi connectivity index (χ1n) is 6.04. The number of piperazine rings is 1. The van der Waals surface area contributed by atoms with Crippen LogP contribution in [0.25, 0.3) is 0 Å². The number of aliphatic hydroxyl groups is 1. The van der Waals surface area contributed by atoms with Crippen molar-refractivity contribution in [2.24, 2.45) is 5.73 Å². The van der Waals surface area contributed by atoms with E-state index in [0.717, 1.165) is 38.4 Å². The number of aromatic nitrogens is 1. The Kier molecular flexibility index (Phi) is 4.11. The van der Waals surface area contributed by atoms with E-state index in [1.165, 1.54) is 0 Å². The van der Waals surface area contributed by atoms with E-state index in [4.69, 9.17) is 10.8 Å². The molecule has 0 aromatic carbocycles. The monoisotopic (exact) mass is 250 g/mol. The van der Waals surface area contributed by atoms with Gasteiger partial charge in [0.25, 0.3) is 5.91 Å². The van der Waals surface area contributed by atoms with Crippen molar-refractivity contribution in [2.45, 2.75) is 0 Å². The van der Waals surface area contributed by atoms with Crippen molar-refractivity contribution in [1.82, 2.24) is 9.88 Å². The lowest BCUT2D eigenvalue weighted by Gasteiger charge is -2.35. The van der Waals surface area contributed by atoms with Crippen molar-refractivity contribution in [2.75, 3.05) is 44.2 Å². The molecule has 2 heterocycles. The van der Waals surface area contributed by atoms with Crippen LogP contribution in [-0.2, 0) is 0 Å². The van der Waals surface area contributed by atoms with Crippen LogP contribution in [0.15, 0.2) is 18.3 Å². The Labute approximate surface area is 106 Å². The van der Waals surface area contributed by atoms with Gasteiger partial charge >= 0.3 is 0 Å². The number of amides is 1. The van der Waals surface area contributed by atoms with Crippen molar-refractivity contribution in [3.8, 4) is 0 Å². The first-order valence-corrected chi connectivity index (χ1v) is 6.04. The molecular weight excluding hydrogens is 232 g/mol. The molecule has 0 unspecified atom stereocenters. The highest BCUT2D eigenvalue weighted by molar-refractivity contribution is 5.91. The second-order valence-corrected chi connectivity index (χ2v) is 4.32. The Morgan fingerprint density at radius 1 is 1.39 bits per heavy atom.